The van der Waals surface area contributed by atoms with Crippen LogP contribution in [-0.2, 0) is 6.54 Å². The van der Waals surface area contributed by atoms with Gasteiger partial charge >= 0.3 is 0 Å². The smallest absolute Gasteiger partial charge is 0.141 e. The first-order valence-electron chi connectivity index (χ1n) is 5.51. The quantitative estimate of drug-likeness (QED) is 0.899. The molecule has 4 heteroatoms. The Bertz CT molecular complexity index is 545. The number of hydrogen-bond donors (Lipinski definition) is 1. The van der Waals surface area contributed by atoms with Crippen molar-refractivity contribution in [2.75, 3.05) is 12.4 Å². The fourth-order valence-electron chi connectivity index (χ4n) is 1.66. The lowest BCUT2D eigenvalue weighted by atomic mass is 10.2. The van der Waals surface area contributed by atoms with Crippen molar-refractivity contribution in [3.05, 3.63) is 58.9 Å². The van der Waals surface area contributed by atoms with E-state index in [4.69, 9.17) is 16.3 Å². The Kier molecular flexibility index (Phi) is 4.05. The summed E-state index contributed by atoms with van der Waals surface area (Å²) in [5.41, 5.74) is 1.56. The monoisotopic (exact) mass is 265 g/mol. The van der Waals surface area contributed by atoms with Crippen LogP contribution < -0.4 is 10.1 Å². The highest BCUT2D eigenvalue weighted by Crippen LogP contribution is 2.25. The van der Waals surface area contributed by atoms with Gasteiger partial charge in [-0.05, 0) is 35.9 Å². The number of benzene rings is 2. The molecular weight excluding hydrogens is 253 g/mol. The summed E-state index contributed by atoms with van der Waals surface area (Å²) in [6.45, 7) is 0.441. The maximum Gasteiger partial charge on any atom is 0.141 e. The third-order valence-electron chi connectivity index (χ3n) is 2.58. The molecule has 0 amide bonds. The summed E-state index contributed by atoms with van der Waals surface area (Å²) in [5.74, 6) is 0.446. The lowest BCUT2D eigenvalue weighted by molar-refractivity contribution is 0.416. The summed E-state index contributed by atoms with van der Waals surface area (Å²) in [4.78, 5) is 0. The Labute approximate surface area is 110 Å². The first-order chi connectivity index (χ1) is 8.70. The highest BCUT2D eigenvalue weighted by molar-refractivity contribution is 6.31. The van der Waals surface area contributed by atoms with Crippen molar-refractivity contribution in [1.29, 1.82) is 0 Å². The van der Waals surface area contributed by atoms with E-state index in [1.807, 2.05) is 24.3 Å². The van der Waals surface area contributed by atoms with Gasteiger partial charge in [-0.3, -0.25) is 0 Å². The Morgan fingerprint density at radius 1 is 1.22 bits per heavy atom. The molecule has 1 N–H and O–H groups in total. The van der Waals surface area contributed by atoms with Gasteiger partial charge in [0.25, 0.3) is 0 Å². The average Bonchev–Trinajstić information content (AvgIpc) is 2.40. The van der Waals surface area contributed by atoms with Crippen LogP contribution >= 0.6 is 11.6 Å². The van der Waals surface area contributed by atoms with Crippen LogP contribution in [-0.4, -0.2) is 7.11 Å². The van der Waals surface area contributed by atoms with Crippen molar-refractivity contribution in [3.63, 3.8) is 0 Å². The second-order valence-corrected chi connectivity index (χ2v) is 4.20. The predicted octanol–water partition coefficient (Wildman–Crippen LogP) is 4.10. The lowest BCUT2D eigenvalue weighted by Gasteiger charge is -2.11. The molecule has 2 aromatic rings. The minimum atomic E-state index is -0.295. The van der Waals surface area contributed by atoms with Crippen molar-refractivity contribution in [2.24, 2.45) is 0 Å². The molecular formula is C14H13ClFNO. The third kappa shape index (κ3) is 2.93. The van der Waals surface area contributed by atoms with Crippen LogP contribution in [0.15, 0.2) is 42.5 Å². The number of para-hydroxylation sites is 2. The molecule has 0 spiro atoms. The second-order valence-electron chi connectivity index (χ2n) is 3.79. The number of ether oxygens (including phenoxy) is 1. The summed E-state index contributed by atoms with van der Waals surface area (Å²) >= 11 is 6.00. The van der Waals surface area contributed by atoms with Gasteiger partial charge in [-0.25, -0.2) is 4.39 Å². The standard InChI is InChI=1S/C14H13ClFNO/c1-18-14-5-3-2-4-13(14)17-9-10-8-11(16)6-7-12(10)15/h2-8,17H,9H2,1H3. The molecule has 2 rings (SSSR count). The van der Waals surface area contributed by atoms with Gasteiger partial charge in [0, 0.05) is 11.6 Å². The minimum Gasteiger partial charge on any atom is -0.495 e. The first-order valence-corrected chi connectivity index (χ1v) is 5.89. The van der Waals surface area contributed by atoms with Gasteiger partial charge in [0.2, 0.25) is 0 Å². The summed E-state index contributed by atoms with van der Waals surface area (Å²) in [7, 11) is 1.61. The number of hydrogen-bond acceptors (Lipinski definition) is 2. The van der Waals surface area contributed by atoms with E-state index in [1.165, 1.54) is 12.1 Å². The fourth-order valence-corrected chi connectivity index (χ4v) is 1.84. The van der Waals surface area contributed by atoms with Gasteiger partial charge in [-0.15, -0.1) is 0 Å². The normalized spacial score (nSPS) is 10.2. The highest BCUT2D eigenvalue weighted by atomic mass is 35.5. The number of anilines is 1. The van der Waals surface area contributed by atoms with Crippen molar-refractivity contribution in [2.45, 2.75) is 6.54 Å². The third-order valence-corrected chi connectivity index (χ3v) is 2.95. The maximum atomic E-state index is 13.1. The van der Waals surface area contributed by atoms with Crippen LogP contribution in [0.2, 0.25) is 5.02 Å². The summed E-state index contributed by atoms with van der Waals surface area (Å²) in [6, 6.07) is 11.9. The molecule has 0 radical (unpaired) electrons. The van der Waals surface area contributed by atoms with E-state index < -0.39 is 0 Å². The van der Waals surface area contributed by atoms with Crippen molar-refractivity contribution in [1.82, 2.24) is 0 Å². The van der Waals surface area contributed by atoms with Crippen molar-refractivity contribution >= 4 is 17.3 Å². The van der Waals surface area contributed by atoms with Crippen LogP contribution in [0.4, 0.5) is 10.1 Å². The molecule has 0 atom stereocenters. The molecule has 0 aliphatic carbocycles. The highest BCUT2D eigenvalue weighted by Gasteiger charge is 2.04. The maximum absolute atomic E-state index is 13.1. The molecule has 0 aliphatic heterocycles. The number of nitrogens with one attached hydrogen (secondary N) is 1. The summed E-state index contributed by atoms with van der Waals surface area (Å²) < 4.78 is 18.3. The molecule has 0 bridgehead atoms. The zero-order valence-electron chi connectivity index (χ0n) is 9.91. The van der Waals surface area contributed by atoms with E-state index in [1.54, 1.807) is 13.2 Å². The predicted molar refractivity (Wildman–Crippen MR) is 71.7 cm³/mol. The molecule has 94 valence electrons. The summed E-state index contributed by atoms with van der Waals surface area (Å²) in [6.07, 6.45) is 0. The van der Waals surface area contributed by atoms with Gasteiger partial charge in [0.15, 0.2) is 0 Å². The molecule has 0 fully saturated rings. The van der Waals surface area contributed by atoms with Crippen LogP contribution in [0.5, 0.6) is 5.75 Å². The van der Waals surface area contributed by atoms with Crippen LogP contribution in [0.25, 0.3) is 0 Å². The van der Waals surface area contributed by atoms with Gasteiger partial charge in [0.1, 0.15) is 11.6 Å². The van der Waals surface area contributed by atoms with E-state index in [9.17, 15) is 4.39 Å². The molecule has 18 heavy (non-hydrogen) atoms. The van der Waals surface area contributed by atoms with Gasteiger partial charge in [-0.2, -0.15) is 0 Å². The molecule has 0 saturated heterocycles. The van der Waals surface area contributed by atoms with E-state index >= 15 is 0 Å². The molecule has 0 unspecified atom stereocenters. The van der Waals surface area contributed by atoms with Gasteiger partial charge in [0.05, 0.1) is 12.8 Å². The summed E-state index contributed by atoms with van der Waals surface area (Å²) in [5, 5.41) is 3.71. The molecule has 2 aromatic carbocycles. The topological polar surface area (TPSA) is 21.3 Å². The molecule has 0 aliphatic rings. The Balaban J connectivity index is 2.14. The number of halogens is 2. The first kappa shape index (κ1) is 12.7. The van der Waals surface area contributed by atoms with E-state index in [-0.39, 0.29) is 5.82 Å². The molecule has 0 aromatic heterocycles. The Hall–Kier alpha value is -1.74. The number of methoxy groups -OCH3 is 1. The van der Waals surface area contributed by atoms with E-state index in [0.29, 0.717) is 17.1 Å². The zero-order valence-corrected chi connectivity index (χ0v) is 10.7. The van der Waals surface area contributed by atoms with Crippen LogP contribution in [0.1, 0.15) is 5.56 Å². The van der Waals surface area contributed by atoms with E-state index in [2.05, 4.69) is 5.32 Å². The van der Waals surface area contributed by atoms with Crippen LogP contribution in [0.3, 0.4) is 0 Å². The zero-order chi connectivity index (χ0) is 13.0. The lowest BCUT2D eigenvalue weighted by Crippen LogP contribution is -2.02. The minimum absolute atomic E-state index is 0.295. The van der Waals surface area contributed by atoms with Gasteiger partial charge in [-0.1, -0.05) is 23.7 Å². The SMILES string of the molecule is COc1ccccc1NCc1cc(F)ccc1Cl. The Morgan fingerprint density at radius 2 is 2.00 bits per heavy atom. The van der Waals surface area contributed by atoms with Gasteiger partial charge < -0.3 is 10.1 Å². The second kappa shape index (κ2) is 5.74. The fraction of sp³-hybridized carbons (Fsp3) is 0.143. The molecule has 0 saturated carbocycles. The Morgan fingerprint density at radius 3 is 2.78 bits per heavy atom. The molecule has 2 nitrogen and oxygen atoms in total. The van der Waals surface area contributed by atoms with Crippen molar-refractivity contribution < 1.29 is 9.13 Å². The van der Waals surface area contributed by atoms with Crippen molar-refractivity contribution in [3.8, 4) is 5.75 Å². The van der Waals surface area contributed by atoms with E-state index in [0.717, 1.165) is 11.4 Å². The number of rotatable bonds is 4. The average molecular weight is 266 g/mol. The van der Waals surface area contributed by atoms with Crippen LogP contribution in [0, 0.1) is 5.82 Å². The largest absolute Gasteiger partial charge is 0.495 e. The molecule has 0 heterocycles.